The summed E-state index contributed by atoms with van der Waals surface area (Å²) in [5.74, 6) is -0.663. The third-order valence-electron chi connectivity index (χ3n) is 1.42. The van der Waals surface area contributed by atoms with Gasteiger partial charge >= 0.3 is 5.97 Å². The zero-order valence-corrected chi connectivity index (χ0v) is 8.72. The molecule has 0 N–H and O–H groups in total. The van der Waals surface area contributed by atoms with Crippen LogP contribution in [0.15, 0.2) is 26.4 Å². The van der Waals surface area contributed by atoms with Crippen molar-refractivity contribution >= 4 is 17.7 Å². The Kier molecular flexibility index (Phi) is 3.76. The van der Waals surface area contributed by atoms with E-state index in [4.69, 9.17) is 9.15 Å². The summed E-state index contributed by atoms with van der Waals surface area (Å²) in [6.45, 7) is 1.94. The molecule has 0 aliphatic rings. The Labute approximate surface area is 85.3 Å². The molecule has 0 spiro atoms. The van der Waals surface area contributed by atoms with E-state index in [2.05, 4.69) is 0 Å². The van der Waals surface area contributed by atoms with Crippen molar-refractivity contribution in [3.63, 3.8) is 0 Å². The molecule has 4 nitrogen and oxygen atoms in total. The van der Waals surface area contributed by atoms with Crippen LogP contribution in [-0.4, -0.2) is 18.8 Å². The zero-order valence-electron chi connectivity index (χ0n) is 7.90. The van der Waals surface area contributed by atoms with Gasteiger partial charge in [0.2, 0.25) is 5.76 Å². The summed E-state index contributed by atoms with van der Waals surface area (Å²) in [4.78, 5) is 22.3. The van der Waals surface area contributed by atoms with E-state index in [-0.39, 0.29) is 17.8 Å². The van der Waals surface area contributed by atoms with Crippen molar-refractivity contribution < 1.29 is 13.9 Å². The largest absolute Gasteiger partial charge is 0.460 e. The topological polar surface area (TPSA) is 56.5 Å². The summed E-state index contributed by atoms with van der Waals surface area (Å²) < 4.78 is 9.81. The van der Waals surface area contributed by atoms with Crippen LogP contribution in [0.2, 0.25) is 0 Å². The predicted octanol–water partition coefficient (Wildman–Crippen LogP) is 1.54. The van der Waals surface area contributed by atoms with Gasteiger partial charge in [-0.15, -0.1) is 0 Å². The van der Waals surface area contributed by atoms with Crippen molar-refractivity contribution in [3.8, 4) is 0 Å². The Morgan fingerprint density at radius 2 is 2.29 bits per heavy atom. The van der Waals surface area contributed by atoms with E-state index in [1.807, 2.05) is 0 Å². The lowest BCUT2D eigenvalue weighted by Gasteiger charge is -2.01. The summed E-state index contributed by atoms with van der Waals surface area (Å²) in [6, 6.07) is 2.45. The molecule has 0 bridgehead atoms. The number of esters is 1. The molecular formula is C9H10O4S. The first-order chi connectivity index (χ1) is 6.67. The Morgan fingerprint density at radius 1 is 1.57 bits per heavy atom. The molecule has 0 amide bonds. The third kappa shape index (κ3) is 2.63. The zero-order chi connectivity index (χ0) is 10.6. The molecule has 0 aromatic carbocycles. The van der Waals surface area contributed by atoms with Crippen LogP contribution < -0.4 is 5.43 Å². The molecule has 0 saturated carbocycles. The van der Waals surface area contributed by atoms with Gasteiger partial charge in [0, 0.05) is 12.1 Å². The first-order valence-corrected chi connectivity index (χ1v) is 5.26. The number of rotatable bonds is 3. The van der Waals surface area contributed by atoms with Gasteiger partial charge in [-0.2, -0.15) is 0 Å². The normalized spacial score (nSPS) is 9.86. The van der Waals surface area contributed by atoms with E-state index in [9.17, 15) is 9.59 Å². The third-order valence-corrected chi connectivity index (χ3v) is 2.03. The molecule has 1 heterocycles. The molecule has 0 fully saturated rings. The summed E-state index contributed by atoms with van der Waals surface area (Å²) in [5.41, 5.74) is -0.261. The van der Waals surface area contributed by atoms with Crippen LogP contribution in [-0.2, 0) is 4.74 Å². The van der Waals surface area contributed by atoms with Gasteiger partial charge in [-0.3, -0.25) is 4.79 Å². The fourth-order valence-corrected chi connectivity index (χ4v) is 1.26. The van der Waals surface area contributed by atoms with Gasteiger partial charge in [-0.05, 0) is 13.2 Å². The molecule has 14 heavy (non-hydrogen) atoms. The van der Waals surface area contributed by atoms with Gasteiger partial charge in [0.25, 0.3) is 0 Å². The maximum absolute atomic E-state index is 11.2. The Bertz CT molecular complexity index is 383. The first kappa shape index (κ1) is 10.8. The van der Waals surface area contributed by atoms with Gasteiger partial charge in [0.15, 0.2) is 10.5 Å². The molecule has 0 aliphatic heterocycles. The molecule has 1 aromatic heterocycles. The maximum Gasteiger partial charge on any atom is 0.374 e. The van der Waals surface area contributed by atoms with E-state index >= 15 is 0 Å². The molecule has 0 saturated heterocycles. The van der Waals surface area contributed by atoms with Crippen molar-refractivity contribution in [2.45, 2.75) is 12.0 Å². The summed E-state index contributed by atoms with van der Waals surface area (Å²) in [6.07, 6.45) is 1.76. The van der Waals surface area contributed by atoms with Crippen molar-refractivity contribution in [3.05, 3.63) is 28.1 Å². The SMILES string of the molecule is CCOC(=O)c1cc(=O)cc(SC)o1. The molecule has 0 aliphatic carbocycles. The van der Waals surface area contributed by atoms with Gasteiger partial charge in [-0.25, -0.2) is 4.79 Å². The second kappa shape index (κ2) is 4.85. The van der Waals surface area contributed by atoms with Crippen LogP contribution in [0.5, 0.6) is 0 Å². The van der Waals surface area contributed by atoms with Crippen LogP contribution in [0.4, 0.5) is 0 Å². The molecule has 1 rings (SSSR count). The van der Waals surface area contributed by atoms with Crippen molar-refractivity contribution in [1.29, 1.82) is 0 Å². The highest BCUT2D eigenvalue weighted by Crippen LogP contribution is 2.13. The van der Waals surface area contributed by atoms with E-state index in [0.29, 0.717) is 5.09 Å². The Hall–Kier alpha value is -1.23. The van der Waals surface area contributed by atoms with E-state index < -0.39 is 5.97 Å². The molecule has 0 radical (unpaired) electrons. The smallest absolute Gasteiger partial charge is 0.374 e. The van der Waals surface area contributed by atoms with Gasteiger partial charge < -0.3 is 9.15 Å². The van der Waals surface area contributed by atoms with E-state index in [0.717, 1.165) is 6.07 Å². The summed E-state index contributed by atoms with van der Waals surface area (Å²) in [7, 11) is 0. The molecule has 5 heteroatoms. The van der Waals surface area contributed by atoms with Crippen LogP contribution in [0.25, 0.3) is 0 Å². The minimum Gasteiger partial charge on any atom is -0.460 e. The first-order valence-electron chi connectivity index (χ1n) is 4.03. The minimum absolute atomic E-state index is 0.0521. The lowest BCUT2D eigenvalue weighted by atomic mass is 10.4. The number of carbonyl (C=O) groups excluding carboxylic acids is 1. The quantitative estimate of drug-likeness (QED) is 0.564. The number of carbonyl (C=O) groups is 1. The van der Waals surface area contributed by atoms with Crippen molar-refractivity contribution in [2.24, 2.45) is 0 Å². The summed E-state index contributed by atoms with van der Waals surface area (Å²) in [5, 5.41) is 0.403. The van der Waals surface area contributed by atoms with E-state index in [1.165, 1.54) is 17.8 Å². The molecule has 0 atom stereocenters. The monoisotopic (exact) mass is 214 g/mol. The van der Waals surface area contributed by atoms with Crippen LogP contribution >= 0.6 is 11.8 Å². The minimum atomic E-state index is -0.611. The average Bonchev–Trinajstić information content (AvgIpc) is 2.17. The standard InChI is InChI=1S/C9H10O4S/c1-3-12-9(11)7-4-6(10)5-8(13-7)14-2/h4-5H,3H2,1-2H3. The second-order valence-electron chi connectivity index (χ2n) is 2.40. The highest BCUT2D eigenvalue weighted by Gasteiger charge is 2.11. The number of hydrogen-bond acceptors (Lipinski definition) is 5. The molecule has 76 valence electrons. The van der Waals surface area contributed by atoms with Gasteiger partial charge in [0.1, 0.15) is 0 Å². The highest BCUT2D eigenvalue weighted by molar-refractivity contribution is 7.98. The molecule has 1 aromatic rings. The number of ether oxygens (including phenoxy) is 1. The van der Waals surface area contributed by atoms with Crippen molar-refractivity contribution in [2.75, 3.05) is 12.9 Å². The summed E-state index contributed by atoms with van der Waals surface area (Å²) >= 11 is 1.26. The molecule has 0 unspecified atom stereocenters. The average molecular weight is 214 g/mol. The fourth-order valence-electron chi connectivity index (χ4n) is 0.858. The predicted molar refractivity (Wildman–Crippen MR) is 52.7 cm³/mol. The lowest BCUT2D eigenvalue weighted by Crippen LogP contribution is -2.09. The number of thioether (sulfide) groups is 1. The highest BCUT2D eigenvalue weighted by atomic mass is 32.2. The lowest BCUT2D eigenvalue weighted by molar-refractivity contribution is 0.0479. The Balaban J connectivity index is 3.03. The van der Waals surface area contributed by atoms with Gasteiger partial charge in [-0.1, -0.05) is 11.8 Å². The van der Waals surface area contributed by atoms with Gasteiger partial charge in [0.05, 0.1) is 6.61 Å². The second-order valence-corrected chi connectivity index (χ2v) is 3.21. The number of hydrogen-bond donors (Lipinski definition) is 0. The fraction of sp³-hybridized carbons (Fsp3) is 0.333. The van der Waals surface area contributed by atoms with Crippen LogP contribution in [0.3, 0.4) is 0 Å². The van der Waals surface area contributed by atoms with Crippen LogP contribution in [0.1, 0.15) is 17.5 Å². The van der Waals surface area contributed by atoms with E-state index in [1.54, 1.807) is 13.2 Å². The molecular weight excluding hydrogens is 204 g/mol. The van der Waals surface area contributed by atoms with Crippen LogP contribution in [0, 0.1) is 0 Å². The Morgan fingerprint density at radius 3 is 2.86 bits per heavy atom. The van der Waals surface area contributed by atoms with Crippen molar-refractivity contribution in [1.82, 2.24) is 0 Å². The maximum atomic E-state index is 11.2.